The summed E-state index contributed by atoms with van der Waals surface area (Å²) in [7, 11) is 0. The minimum Gasteiger partial charge on any atom is -0.368 e. The van der Waals surface area contributed by atoms with Gasteiger partial charge < -0.3 is 11.1 Å². The maximum absolute atomic E-state index is 13.8. The monoisotopic (exact) mass is 434 g/mol. The van der Waals surface area contributed by atoms with Gasteiger partial charge in [0, 0.05) is 12.4 Å². The van der Waals surface area contributed by atoms with Gasteiger partial charge in [-0.15, -0.1) is 0 Å². The Hall–Kier alpha value is -2.45. The van der Waals surface area contributed by atoms with E-state index in [0.29, 0.717) is 18.9 Å². The fraction of sp³-hybridized carbons (Fsp3) is 0.478. The molecule has 1 aromatic heterocycles. The van der Waals surface area contributed by atoms with Crippen LogP contribution >= 0.6 is 0 Å². The number of carbonyl (C=O) groups is 1. The summed E-state index contributed by atoms with van der Waals surface area (Å²) >= 11 is 0. The van der Waals surface area contributed by atoms with Gasteiger partial charge >= 0.3 is 6.18 Å². The second-order valence-corrected chi connectivity index (χ2v) is 8.08. The van der Waals surface area contributed by atoms with E-state index in [9.17, 15) is 18.0 Å². The van der Waals surface area contributed by atoms with Crippen molar-refractivity contribution in [2.75, 3.05) is 19.6 Å². The van der Waals surface area contributed by atoms with Crippen LogP contribution < -0.4 is 16.4 Å². The third-order valence-corrected chi connectivity index (χ3v) is 6.09. The molecule has 2 heterocycles. The average Bonchev–Trinajstić information content (AvgIpc) is 2.77. The van der Waals surface area contributed by atoms with Gasteiger partial charge in [-0.1, -0.05) is 18.2 Å². The number of primary amides is 1. The third-order valence-electron chi connectivity index (χ3n) is 6.09. The smallest absolute Gasteiger partial charge is 0.368 e. The second-order valence-electron chi connectivity index (χ2n) is 8.08. The molecule has 1 aliphatic rings. The van der Waals surface area contributed by atoms with Crippen LogP contribution in [-0.2, 0) is 22.9 Å². The molecule has 4 N–H and O–H groups in total. The highest BCUT2D eigenvalue weighted by molar-refractivity contribution is 5.86. The summed E-state index contributed by atoms with van der Waals surface area (Å²) in [5.41, 5.74) is 4.11. The maximum Gasteiger partial charge on any atom is 0.416 e. The van der Waals surface area contributed by atoms with Crippen LogP contribution in [0.5, 0.6) is 0 Å². The van der Waals surface area contributed by atoms with Crippen molar-refractivity contribution < 1.29 is 18.0 Å². The highest BCUT2D eigenvalue weighted by Crippen LogP contribution is 2.38. The molecule has 1 amide bonds. The lowest BCUT2D eigenvalue weighted by Crippen LogP contribution is -2.54. The molecule has 5 nitrogen and oxygen atoms in total. The Morgan fingerprint density at radius 1 is 1.10 bits per heavy atom. The van der Waals surface area contributed by atoms with E-state index in [-0.39, 0.29) is 12.0 Å². The molecule has 3 rings (SSSR count). The molecule has 1 aliphatic heterocycles. The standard InChI is InChI=1S/C23H29F3N4O/c24-23(25,26)20-4-2-1-3-19(20)22(21(27)31,11-5-17-6-12-28-13-7-17)30-16-10-18-8-14-29-15-9-18/h1-4,6-7,12-13,18,29-30H,5,8-11,14-16H2,(H2,27,31). The molecule has 1 atom stereocenters. The van der Waals surface area contributed by atoms with Crippen LogP contribution in [0.3, 0.4) is 0 Å². The number of aromatic nitrogens is 1. The van der Waals surface area contributed by atoms with E-state index < -0.39 is 23.2 Å². The number of benzene rings is 1. The fourth-order valence-electron chi connectivity index (χ4n) is 4.31. The lowest BCUT2D eigenvalue weighted by Gasteiger charge is -2.35. The van der Waals surface area contributed by atoms with Gasteiger partial charge in [-0.2, -0.15) is 13.2 Å². The highest BCUT2D eigenvalue weighted by atomic mass is 19.4. The molecule has 1 aromatic carbocycles. The van der Waals surface area contributed by atoms with E-state index in [1.54, 1.807) is 24.5 Å². The van der Waals surface area contributed by atoms with Crippen molar-refractivity contribution in [3.8, 4) is 0 Å². The largest absolute Gasteiger partial charge is 0.416 e. The molecule has 0 radical (unpaired) electrons. The average molecular weight is 435 g/mol. The second kappa shape index (κ2) is 10.2. The molecule has 168 valence electrons. The van der Waals surface area contributed by atoms with Gasteiger partial charge in [-0.25, -0.2) is 0 Å². The van der Waals surface area contributed by atoms with Crippen molar-refractivity contribution >= 4 is 5.91 Å². The molecule has 0 spiro atoms. The van der Waals surface area contributed by atoms with Crippen molar-refractivity contribution in [3.63, 3.8) is 0 Å². The number of alkyl halides is 3. The molecule has 31 heavy (non-hydrogen) atoms. The van der Waals surface area contributed by atoms with E-state index >= 15 is 0 Å². The summed E-state index contributed by atoms with van der Waals surface area (Å²) in [6.45, 7) is 2.28. The van der Waals surface area contributed by atoms with Crippen molar-refractivity contribution in [1.29, 1.82) is 0 Å². The summed E-state index contributed by atoms with van der Waals surface area (Å²) < 4.78 is 41.5. The number of halogens is 3. The molecule has 0 bridgehead atoms. The molecule has 1 fully saturated rings. The number of amides is 1. The summed E-state index contributed by atoms with van der Waals surface area (Å²) in [4.78, 5) is 16.7. The molecular formula is C23H29F3N4O. The predicted octanol–water partition coefficient (Wildman–Crippen LogP) is 3.39. The number of carbonyl (C=O) groups excluding carboxylic acids is 1. The molecule has 2 aromatic rings. The van der Waals surface area contributed by atoms with Gasteiger partial charge in [-0.05, 0) is 87.0 Å². The fourth-order valence-corrected chi connectivity index (χ4v) is 4.31. The molecule has 8 heteroatoms. The van der Waals surface area contributed by atoms with Crippen molar-refractivity contribution in [2.45, 2.75) is 43.8 Å². The van der Waals surface area contributed by atoms with Crippen LogP contribution in [0.1, 0.15) is 42.4 Å². The first kappa shape index (κ1) is 23.2. The number of hydrogen-bond acceptors (Lipinski definition) is 4. The number of nitrogens with one attached hydrogen (secondary N) is 2. The Kier molecular flexibility index (Phi) is 7.67. The topological polar surface area (TPSA) is 80.0 Å². The SMILES string of the molecule is NC(=O)C(CCc1ccncc1)(NCCC1CCNCC1)c1ccccc1C(F)(F)F. The van der Waals surface area contributed by atoms with Gasteiger partial charge in [-0.3, -0.25) is 15.1 Å². The number of hydrogen-bond donors (Lipinski definition) is 3. The maximum atomic E-state index is 13.8. The summed E-state index contributed by atoms with van der Waals surface area (Å²) in [6, 6.07) is 8.79. The van der Waals surface area contributed by atoms with Crippen LogP contribution in [0.15, 0.2) is 48.8 Å². The molecule has 1 unspecified atom stereocenters. The lowest BCUT2D eigenvalue weighted by atomic mass is 9.80. The zero-order valence-corrected chi connectivity index (χ0v) is 17.4. The number of piperidine rings is 1. The molecular weight excluding hydrogens is 405 g/mol. The highest BCUT2D eigenvalue weighted by Gasteiger charge is 2.45. The Labute approximate surface area is 180 Å². The Morgan fingerprint density at radius 3 is 2.35 bits per heavy atom. The van der Waals surface area contributed by atoms with E-state index in [1.165, 1.54) is 18.2 Å². The van der Waals surface area contributed by atoms with Crippen LogP contribution in [0.4, 0.5) is 13.2 Å². The Balaban J connectivity index is 1.91. The van der Waals surface area contributed by atoms with E-state index in [4.69, 9.17) is 5.73 Å². The summed E-state index contributed by atoms with van der Waals surface area (Å²) in [6.07, 6.45) is 1.96. The van der Waals surface area contributed by atoms with Gasteiger partial charge in [0.2, 0.25) is 5.91 Å². The normalized spacial score (nSPS) is 17.3. The van der Waals surface area contributed by atoms with E-state index in [2.05, 4.69) is 15.6 Å². The Morgan fingerprint density at radius 2 is 1.74 bits per heavy atom. The van der Waals surface area contributed by atoms with Gasteiger partial charge in [0.05, 0.1) is 5.56 Å². The third kappa shape index (κ3) is 5.83. The van der Waals surface area contributed by atoms with Gasteiger partial charge in [0.25, 0.3) is 0 Å². The number of nitrogens with zero attached hydrogens (tertiary/aromatic N) is 1. The van der Waals surface area contributed by atoms with Crippen molar-refractivity contribution in [1.82, 2.24) is 15.6 Å². The minimum absolute atomic E-state index is 0.116. The van der Waals surface area contributed by atoms with Crippen LogP contribution in [0, 0.1) is 5.92 Å². The molecule has 0 saturated carbocycles. The zero-order valence-electron chi connectivity index (χ0n) is 17.4. The zero-order chi connectivity index (χ0) is 22.3. The Bertz CT molecular complexity index is 853. The van der Waals surface area contributed by atoms with E-state index in [0.717, 1.165) is 44.0 Å². The lowest BCUT2D eigenvalue weighted by molar-refractivity contribution is -0.139. The summed E-state index contributed by atoms with van der Waals surface area (Å²) in [5, 5.41) is 6.47. The number of rotatable bonds is 9. The first-order chi connectivity index (χ1) is 14.8. The van der Waals surface area contributed by atoms with Crippen molar-refractivity contribution in [3.05, 3.63) is 65.5 Å². The quantitative estimate of drug-likeness (QED) is 0.565. The molecule has 0 aliphatic carbocycles. The summed E-state index contributed by atoms with van der Waals surface area (Å²) in [5.74, 6) is -0.332. The van der Waals surface area contributed by atoms with Crippen LogP contribution in [-0.4, -0.2) is 30.5 Å². The van der Waals surface area contributed by atoms with Crippen LogP contribution in [0.25, 0.3) is 0 Å². The van der Waals surface area contributed by atoms with Gasteiger partial charge in [0.15, 0.2) is 0 Å². The number of nitrogens with two attached hydrogens (primary N) is 1. The first-order valence-corrected chi connectivity index (χ1v) is 10.6. The first-order valence-electron chi connectivity index (χ1n) is 10.6. The predicted molar refractivity (Wildman–Crippen MR) is 113 cm³/mol. The van der Waals surface area contributed by atoms with E-state index in [1.807, 2.05) is 0 Å². The number of pyridine rings is 1. The van der Waals surface area contributed by atoms with Crippen molar-refractivity contribution in [2.24, 2.45) is 11.7 Å². The van der Waals surface area contributed by atoms with Crippen LogP contribution in [0.2, 0.25) is 0 Å². The minimum atomic E-state index is -4.59. The van der Waals surface area contributed by atoms with Gasteiger partial charge in [0.1, 0.15) is 5.54 Å². The molecule has 1 saturated heterocycles. The number of aryl methyl sites for hydroxylation is 1.